The quantitative estimate of drug-likeness (QED) is 0.727. The van der Waals surface area contributed by atoms with Crippen molar-refractivity contribution < 1.29 is 4.79 Å². The third-order valence-electron chi connectivity index (χ3n) is 3.11. The van der Waals surface area contributed by atoms with Crippen molar-refractivity contribution in [1.82, 2.24) is 4.90 Å². The summed E-state index contributed by atoms with van der Waals surface area (Å²) in [4.78, 5) is 13.6. The van der Waals surface area contributed by atoms with Crippen molar-refractivity contribution in [3.8, 4) is 0 Å². The summed E-state index contributed by atoms with van der Waals surface area (Å²) in [7, 11) is 1.88. The Bertz CT molecular complexity index is 222. The highest BCUT2D eigenvalue weighted by molar-refractivity contribution is 5.75. The average molecular weight is 212 g/mol. The largest absolute Gasteiger partial charge is 0.345 e. The van der Waals surface area contributed by atoms with E-state index in [0.29, 0.717) is 13.0 Å². The Hall–Kier alpha value is -0.570. The van der Waals surface area contributed by atoms with Gasteiger partial charge in [0.05, 0.1) is 0 Å². The van der Waals surface area contributed by atoms with E-state index in [9.17, 15) is 4.79 Å². The average Bonchev–Trinajstić information content (AvgIpc) is 2.97. The lowest BCUT2D eigenvalue weighted by atomic mass is 9.93. The predicted molar refractivity (Wildman–Crippen MR) is 62.4 cm³/mol. The van der Waals surface area contributed by atoms with Crippen LogP contribution in [0.1, 0.15) is 39.5 Å². The molecule has 1 saturated carbocycles. The van der Waals surface area contributed by atoms with Crippen LogP contribution >= 0.6 is 0 Å². The number of nitrogens with zero attached hydrogens (tertiary/aromatic N) is 1. The molecule has 1 fully saturated rings. The summed E-state index contributed by atoms with van der Waals surface area (Å²) in [6.07, 6.45) is 4.44. The SMILES string of the molecule is CN(CC(C)(C)CN)C(=O)CCC1CC1. The van der Waals surface area contributed by atoms with Crippen LogP contribution < -0.4 is 5.73 Å². The molecule has 0 atom stereocenters. The first kappa shape index (κ1) is 12.5. The third-order valence-corrected chi connectivity index (χ3v) is 3.11. The fourth-order valence-electron chi connectivity index (χ4n) is 1.72. The molecule has 0 saturated heterocycles. The van der Waals surface area contributed by atoms with Crippen molar-refractivity contribution in [2.45, 2.75) is 39.5 Å². The zero-order valence-electron chi connectivity index (χ0n) is 10.3. The summed E-state index contributed by atoms with van der Waals surface area (Å²) in [5.41, 5.74) is 5.68. The summed E-state index contributed by atoms with van der Waals surface area (Å²) in [6, 6.07) is 0. The number of nitrogens with two attached hydrogens (primary N) is 1. The van der Waals surface area contributed by atoms with Gasteiger partial charge in [-0.3, -0.25) is 4.79 Å². The predicted octanol–water partition coefficient (Wildman–Crippen LogP) is 1.62. The van der Waals surface area contributed by atoms with Gasteiger partial charge in [0.15, 0.2) is 0 Å². The van der Waals surface area contributed by atoms with Crippen LogP contribution in [0.2, 0.25) is 0 Å². The first-order valence-corrected chi connectivity index (χ1v) is 5.88. The van der Waals surface area contributed by atoms with E-state index >= 15 is 0 Å². The Kier molecular flexibility index (Phi) is 4.14. The molecule has 0 aromatic rings. The smallest absolute Gasteiger partial charge is 0.222 e. The summed E-state index contributed by atoms with van der Waals surface area (Å²) < 4.78 is 0. The van der Waals surface area contributed by atoms with Crippen molar-refractivity contribution >= 4 is 5.91 Å². The minimum Gasteiger partial charge on any atom is -0.345 e. The Labute approximate surface area is 93.0 Å². The zero-order valence-corrected chi connectivity index (χ0v) is 10.3. The van der Waals surface area contributed by atoms with E-state index < -0.39 is 0 Å². The van der Waals surface area contributed by atoms with E-state index in [2.05, 4.69) is 13.8 Å². The van der Waals surface area contributed by atoms with Gasteiger partial charge in [-0.1, -0.05) is 26.7 Å². The lowest BCUT2D eigenvalue weighted by molar-refractivity contribution is -0.131. The topological polar surface area (TPSA) is 46.3 Å². The Balaban J connectivity index is 2.24. The van der Waals surface area contributed by atoms with Crippen molar-refractivity contribution in [2.75, 3.05) is 20.1 Å². The van der Waals surface area contributed by atoms with Crippen molar-refractivity contribution in [2.24, 2.45) is 17.1 Å². The molecule has 15 heavy (non-hydrogen) atoms. The monoisotopic (exact) mass is 212 g/mol. The third kappa shape index (κ3) is 4.65. The van der Waals surface area contributed by atoms with Crippen LogP contribution in [0, 0.1) is 11.3 Å². The Morgan fingerprint density at radius 1 is 1.47 bits per heavy atom. The molecule has 0 radical (unpaired) electrons. The van der Waals surface area contributed by atoms with Crippen LogP contribution in [0.4, 0.5) is 0 Å². The molecule has 3 nitrogen and oxygen atoms in total. The normalized spacial score (nSPS) is 16.5. The van der Waals surface area contributed by atoms with Crippen molar-refractivity contribution in [1.29, 1.82) is 0 Å². The van der Waals surface area contributed by atoms with Gasteiger partial charge >= 0.3 is 0 Å². The van der Waals surface area contributed by atoms with Gasteiger partial charge in [0, 0.05) is 20.0 Å². The van der Waals surface area contributed by atoms with E-state index in [4.69, 9.17) is 5.73 Å². The van der Waals surface area contributed by atoms with Gasteiger partial charge in [0.25, 0.3) is 0 Å². The fraction of sp³-hybridized carbons (Fsp3) is 0.917. The second-order valence-electron chi connectivity index (χ2n) is 5.60. The van der Waals surface area contributed by atoms with Gasteiger partial charge in [-0.2, -0.15) is 0 Å². The molecule has 0 unspecified atom stereocenters. The van der Waals surface area contributed by atoms with E-state index in [-0.39, 0.29) is 11.3 Å². The molecule has 0 spiro atoms. The minimum atomic E-state index is 0.0317. The molecule has 1 aliphatic carbocycles. The van der Waals surface area contributed by atoms with Gasteiger partial charge in [0.1, 0.15) is 0 Å². The van der Waals surface area contributed by atoms with E-state index in [1.165, 1.54) is 12.8 Å². The van der Waals surface area contributed by atoms with Gasteiger partial charge in [-0.05, 0) is 24.3 Å². The molecular formula is C12H24N2O. The summed E-state index contributed by atoms with van der Waals surface area (Å²) in [6.45, 7) is 5.57. The first-order valence-electron chi connectivity index (χ1n) is 5.88. The lowest BCUT2D eigenvalue weighted by Crippen LogP contribution is -2.39. The number of hydrogen-bond donors (Lipinski definition) is 1. The molecule has 0 aromatic heterocycles. The number of carbonyl (C=O) groups is 1. The molecule has 88 valence electrons. The molecule has 1 rings (SSSR count). The Morgan fingerprint density at radius 2 is 2.07 bits per heavy atom. The molecule has 0 aromatic carbocycles. The van der Waals surface area contributed by atoms with E-state index in [0.717, 1.165) is 18.9 Å². The molecule has 2 N–H and O–H groups in total. The molecule has 1 aliphatic rings. The highest BCUT2D eigenvalue weighted by Crippen LogP contribution is 2.33. The number of amides is 1. The fourth-order valence-corrected chi connectivity index (χ4v) is 1.72. The van der Waals surface area contributed by atoms with Crippen molar-refractivity contribution in [3.63, 3.8) is 0 Å². The maximum absolute atomic E-state index is 11.8. The molecule has 3 heteroatoms. The molecular weight excluding hydrogens is 188 g/mol. The van der Waals surface area contributed by atoms with E-state index in [1.54, 1.807) is 0 Å². The number of carbonyl (C=O) groups excluding carboxylic acids is 1. The second-order valence-corrected chi connectivity index (χ2v) is 5.60. The molecule has 1 amide bonds. The van der Waals surface area contributed by atoms with Crippen LogP contribution in [0.3, 0.4) is 0 Å². The van der Waals surface area contributed by atoms with Gasteiger partial charge < -0.3 is 10.6 Å². The van der Waals surface area contributed by atoms with Crippen molar-refractivity contribution in [3.05, 3.63) is 0 Å². The lowest BCUT2D eigenvalue weighted by Gasteiger charge is -2.29. The van der Waals surface area contributed by atoms with Gasteiger partial charge in [0.2, 0.25) is 5.91 Å². The second kappa shape index (κ2) is 4.97. The van der Waals surface area contributed by atoms with Crippen LogP contribution in [0.15, 0.2) is 0 Å². The maximum atomic E-state index is 11.8. The summed E-state index contributed by atoms with van der Waals surface area (Å²) in [5, 5.41) is 0. The number of rotatable bonds is 6. The highest BCUT2D eigenvalue weighted by Gasteiger charge is 2.24. The van der Waals surface area contributed by atoms with Gasteiger partial charge in [-0.25, -0.2) is 0 Å². The zero-order chi connectivity index (χ0) is 11.5. The van der Waals surface area contributed by atoms with Crippen LogP contribution in [0.25, 0.3) is 0 Å². The van der Waals surface area contributed by atoms with Crippen LogP contribution in [0.5, 0.6) is 0 Å². The molecule has 0 heterocycles. The molecule has 0 aliphatic heterocycles. The summed E-state index contributed by atoms with van der Waals surface area (Å²) >= 11 is 0. The first-order chi connectivity index (χ1) is 6.94. The van der Waals surface area contributed by atoms with Crippen LogP contribution in [-0.4, -0.2) is 30.9 Å². The minimum absolute atomic E-state index is 0.0317. The molecule has 0 bridgehead atoms. The maximum Gasteiger partial charge on any atom is 0.222 e. The number of hydrogen-bond acceptors (Lipinski definition) is 2. The standard InChI is InChI=1S/C12H24N2O/c1-12(2,8-13)9-14(3)11(15)7-6-10-4-5-10/h10H,4-9,13H2,1-3H3. The van der Waals surface area contributed by atoms with Gasteiger partial charge in [-0.15, -0.1) is 0 Å². The van der Waals surface area contributed by atoms with Crippen LogP contribution in [-0.2, 0) is 4.79 Å². The highest BCUT2D eigenvalue weighted by atomic mass is 16.2. The van der Waals surface area contributed by atoms with E-state index in [1.807, 2.05) is 11.9 Å². The summed E-state index contributed by atoms with van der Waals surface area (Å²) in [5.74, 6) is 1.10. The Morgan fingerprint density at radius 3 is 2.53 bits per heavy atom.